The fraction of sp³-hybridized carbons (Fsp3) is 0.523. The number of nitrogens with two attached hydrogens (primary N) is 1. The van der Waals surface area contributed by atoms with Gasteiger partial charge in [0.25, 0.3) is 5.91 Å². The quantitative estimate of drug-likeness (QED) is 0.214. The maximum absolute atomic E-state index is 13.6. The highest BCUT2D eigenvalue weighted by atomic mass is 16.5. The van der Waals surface area contributed by atoms with Gasteiger partial charge in [-0.25, -0.2) is 5.43 Å². The summed E-state index contributed by atoms with van der Waals surface area (Å²) in [6.07, 6.45) is 6.43. The fourth-order valence-electron chi connectivity index (χ4n) is 8.98. The van der Waals surface area contributed by atoms with Gasteiger partial charge in [-0.3, -0.25) is 24.5 Å². The maximum atomic E-state index is 13.6. The molecule has 1 saturated carbocycles. The number of nitrogens with zero attached hydrogens (tertiary/aromatic N) is 5. The van der Waals surface area contributed by atoms with Gasteiger partial charge in [-0.05, 0) is 105 Å². The largest absolute Gasteiger partial charge is 0.508 e. The number of esters is 1. The lowest BCUT2D eigenvalue weighted by Crippen LogP contribution is -2.59. The molecule has 4 aromatic rings. The molecule has 6 bridgehead atoms. The van der Waals surface area contributed by atoms with Crippen molar-refractivity contribution in [3.63, 3.8) is 0 Å². The molecule has 4 aliphatic rings. The number of aromatic hydroxyl groups is 1. The van der Waals surface area contributed by atoms with Crippen LogP contribution in [0.3, 0.4) is 0 Å². The van der Waals surface area contributed by atoms with Crippen molar-refractivity contribution in [2.45, 2.75) is 97.0 Å². The molecule has 4 N–H and O–H groups in total. The Bertz CT molecular complexity index is 2120. The van der Waals surface area contributed by atoms with Gasteiger partial charge in [-0.15, -0.1) is 0 Å². The smallest absolute Gasteiger partial charge is 0.324 e. The number of pyridine rings is 1. The number of amides is 1. The molecule has 298 valence electrons. The van der Waals surface area contributed by atoms with Crippen LogP contribution in [0.4, 0.5) is 5.69 Å². The van der Waals surface area contributed by atoms with Gasteiger partial charge in [0.05, 0.1) is 42.0 Å². The third-order valence-electron chi connectivity index (χ3n) is 12.2. The predicted molar refractivity (Wildman–Crippen MR) is 218 cm³/mol. The number of hydrogen-bond acceptors (Lipinski definition) is 10. The van der Waals surface area contributed by atoms with E-state index in [-0.39, 0.29) is 36.8 Å². The van der Waals surface area contributed by atoms with Gasteiger partial charge in [0.2, 0.25) is 0 Å². The molecule has 12 nitrogen and oxygen atoms in total. The summed E-state index contributed by atoms with van der Waals surface area (Å²) in [5.74, 6) is -0.566. The van der Waals surface area contributed by atoms with Crippen LogP contribution in [0.1, 0.15) is 76.3 Å². The lowest BCUT2D eigenvalue weighted by molar-refractivity contribution is -0.154. The first-order valence-corrected chi connectivity index (χ1v) is 20.4. The molecule has 1 amide bonds. The molecule has 0 radical (unpaired) electrons. The van der Waals surface area contributed by atoms with Crippen molar-refractivity contribution in [2.75, 3.05) is 51.3 Å². The average Bonchev–Trinajstić information content (AvgIpc) is 4.01. The number of hydrazine groups is 1. The molecule has 2 aromatic heterocycles. The van der Waals surface area contributed by atoms with Gasteiger partial charge in [0.1, 0.15) is 11.8 Å². The molecule has 8 rings (SSSR count). The second kappa shape index (κ2) is 15.5. The summed E-state index contributed by atoms with van der Waals surface area (Å²) in [5, 5.41) is 13.5. The number of ether oxygens (including phenoxy) is 2. The van der Waals surface area contributed by atoms with Crippen LogP contribution in [0.25, 0.3) is 33.3 Å². The topological polar surface area (TPSA) is 138 Å². The van der Waals surface area contributed by atoms with Crippen LogP contribution in [-0.2, 0) is 38.4 Å². The lowest BCUT2D eigenvalue weighted by Gasteiger charge is -2.36. The number of piperazine rings is 1. The Hall–Kier alpha value is -4.49. The number of cyclic esters (lactones) is 1. The SMILES string of the molecule is CCn1c(-c2cc(N3CCN(C4CC4)CC3)cnc2[C@H](C)OC)c2c3cc(ccc31)-c1cc(O)cc(c1)C[C@H](N)C(=O)N1CCC[C@H](N1)C(=O)OCC(C)(C)C2. The van der Waals surface area contributed by atoms with Gasteiger partial charge in [-0.1, -0.05) is 26.0 Å². The van der Waals surface area contributed by atoms with E-state index in [1.165, 1.54) is 17.9 Å². The van der Waals surface area contributed by atoms with Crippen LogP contribution in [0, 0.1) is 5.41 Å². The fourth-order valence-corrected chi connectivity index (χ4v) is 8.98. The summed E-state index contributed by atoms with van der Waals surface area (Å²) >= 11 is 0. The first kappa shape index (κ1) is 38.4. The van der Waals surface area contributed by atoms with Crippen molar-refractivity contribution in [3.05, 3.63) is 65.5 Å². The minimum absolute atomic E-state index is 0.109. The van der Waals surface area contributed by atoms with Gasteiger partial charge in [0, 0.05) is 74.3 Å². The number of benzene rings is 2. The van der Waals surface area contributed by atoms with Crippen LogP contribution < -0.4 is 16.1 Å². The molecule has 2 saturated heterocycles. The molecule has 1 aliphatic carbocycles. The number of methoxy groups -OCH3 is 1. The maximum Gasteiger partial charge on any atom is 0.324 e. The molecular formula is C44H57N7O5. The number of phenols is 1. The molecule has 0 unspecified atom stereocenters. The zero-order valence-electron chi connectivity index (χ0n) is 33.5. The van der Waals surface area contributed by atoms with E-state index in [0.717, 1.165) is 94.6 Å². The van der Waals surface area contributed by atoms with E-state index >= 15 is 0 Å². The number of phenolic OH excluding ortho intramolecular Hbond substituents is 1. The number of hydrogen-bond donors (Lipinski definition) is 3. The van der Waals surface area contributed by atoms with E-state index in [1.54, 1.807) is 19.2 Å². The number of aromatic nitrogens is 2. The number of carbonyl (C=O) groups is 2. The molecule has 3 atom stereocenters. The third-order valence-corrected chi connectivity index (χ3v) is 12.2. The van der Waals surface area contributed by atoms with Crippen LogP contribution in [0.15, 0.2) is 48.7 Å². The monoisotopic (exact) mass is 763 g/mol. The number of fused-ring (bicyclic) bond motifs is 6. The average molecular weight is 764 g/mol. The zero-order chi connectivity index (χ0) is 39.3. The van der Waals surface area contributed by atoms with Crippen LogP contribution in [0.5, 0.6) is 5.75 Å². The number of nitrogens with one attached hydrogen (secondary N) is 1. The third kappa shape index (κ3) is 7.64. The Labute approximate surface area is 329 Å². The standard InChI is InChI=1S/C44H57N7O5/c1-6-50-39-12-9-29-22-34(39)36(41(50)35-23-32(25-46-40(35)27(2)55-5)49-16-14-48(15-17-49)31-10-11-31)24-44(3,4)26-56-43(54)38-8-7-13-51(47-38)42(53)37(45)20-28-18-30(29)21-33(52)19-28/h9,12,18-19,21-23,25,27,31,37-38,47,52H,6-8,10-11,13-17,20,24,26,45H2,1-5H3/t27-,37-,38-/m0/s1. The first-order valence-electron chi connectivity index (χ1n) is 20.4. The van der Waals surface area contributed by atoms with Gasteiger partial charge >= 0.3 is 5.97 Å². The van der Waals surface area contributed by atoms with Crippen LogP contribution in [0.2, 0.25) is 0 Å². The second-order valence-corrected chi connectivity index (χ2v) is 17.0. The Morgan fingerprint density at radius 3 is 2.55 bits per heavy atom. The van der Waals surface area contributed by atoms with Gasteiger partial charge < -0.3 is 29.8 Å². The summed E-state index contributed by atoms with van der Waals surface area (Å²) in [4.78, 5) is 37.3. The molecule has 5 heterocycles. The van der Waals surface area contributed by atoms with Crippen molar-refractivity contribution in [1.29, 1.82) is 0 Å². The van der Waals surface area contributed by atoms with Crippen LogP contribution in [-0.4, -0.2) is 101 Å². The summed E-state index contributed by atoms with van der Waals surface area (Å²) in [7, 11) is 1.73. The zero-order valence-corrected chi connectivity index (χ0v) is 33.5. The molecule has 0 spiro atoms. The summed E-state index contributed by atoms with van der Waals surface area (Å²) in [6.45, 7) is 13.9. The minimum Gasteiger partial charge on any atom is -0.508 e. The van der Waals surface area contributed by atoms with Gasteiger partial charge in [0.15, 0.2) is 0 Å². The van der Waals surface area contributed by atoms with Crippen molar-refractivity contribution in [3.8, 4) is 28.1 Å². The second-order valence-electron chi connectivity index (χ2n) is 17.0. The summed E-state index contributed by atoms with van der Waals surface area (Å²) in [6, 6.07) is 13.5. The van der Waals surface area contributed by atoms with E-state index in [0.29, 0.717) is 25.8 Å². The Morgan fingerprint density at radius 1 is 1.04 bits per heavy atom. The van der Waals surface area contributed by atoms with Crippen LogP contribution >= 0.6 is 0 Å². The van der Waals surface area contributed by atoms with E-state index in [1.807, 2.05) is 19.2 Å². The Morgan fingerprint density at radius 2 is 1.82 bits per heavy atom. The number of aryl methyl sites for hydroxylation is 1. The molecular weight excluding hydrogens is 707 g/mol. The molecule has 56 heavy (non-hydrogen) atoms. The summed E-state index contributed by atoms with van der Waals surface area (Å²) in [5.41, 5.74) is 18.0. The summed E-state index contributed by atoms with van der Waals surface area (Å²) < 4.78 is 14.4. The van der Waals surface area contributed by atoms with E-state index in [4.69, 9.17) is 20.2 Å². The van der Waals surface area contributed by atoms with E-state index in [9.17, 15) is 14.7 Å². The molecule has 3 aliphatic heterocycles. The highest BCUT2D eigenvalue weighted by Crippen LogP contribution is 2.43. The van der Waals surface area contributed by atoms with Gasteiger partial charge in [-0.2, -0.15) is 0 Å². The van der Waals surface area contributed by atoms with Crippen molar-refractivity contribution in [1.82, 2.24) is 24.9 Å². The van der Waals surface area contributed by atoms with Crippen molar-refractivity contribution < 1.29 is 24.2 Å². The number of rotatable bonds is 6. The molecule has 2 aromatic carbocycles. The van der Waals surface area contributed by atoms with Crippen molar-refractivity contribution >= 4 is 28.5 Å². The number of carbonyl (C=O) groups excluding carboxylic acids is 2. The normalized spacial score (nSPS) is 22.9. The first-order chi connectivity index (χ1) is 26.9. The lowest BCUT2D eigenvalue weighted by atomic mass is 9.84. The minimum atomic E-state index is -0.866. The highest BCUT2D eigenvalue weighted by molar-refractivity contribution is 5.96. The van der Waals surface area contributed by atoms with E-state index < -0.39 is 17.5 Å². The predicted octanol–water partition coefficient (Wildman–Crippen LogP) is 5.58. The van der Waals surface area contributed by atoms with E-state index in [2.05, 4.69) is 64.8 Å². The Kier molecular flexibility index (Phi) is 10.6. The van der Waals surface area contributed by atoms with Crippen molar-refractivity contribution in [2.24, 2.45) is 11.1 Å². The molecule has 3 fully saturated rings. The Balaban J connectivity index is 1.29. The number of anilines is 1. The highest BCUT2D eigenvalue weighted by Gasteiger charge is 2.35. The molecule has 12 heteroatoms.